The number of hydrogen-bond donors (Lipinski definition) is 0. The van der Waals surface area contributed by atoms with Crippen LogP contribution in [0.4, 0.5) is 0 Å². The molecule has 26 heavy (non-hydrogen) atoms. The number of nitrogens with zero attached hydrogens (tertiary/aromatic N) is 1. The van der Waals surface area contributed by atoms with Crippen LogP contribution >= 0.6 is 54.5 Å². The average molecular weight is 589 g/mol. The highest BCUT2D eigenvalue weighted by Gasteiger charge is 2.24. The second kappa shape index (κ2) is 8.49. The molecule has 0 saturated heterocycles. The first-order chi connectivity index (χ1) is 12.5. The molecule has 0 aliphatic carbocycles. The number of aliphatic imine (C=N–C) groups is 1. The molecule has 0 radical (unpaired) electrons. The fraction of sp³-hybridized carbons (Fsp3) is 0.0526. The van der Waals surface area contributed by atoms with Crippen molar-refractivity contribution in [2.75, 3.05) is 6.61 Å². The number of carbonyl (C=O) groups is 1. The fourth-order valence-corrected chi connectivity index (χ4v) is 4.04. The maximum atomic E-state index is 12.1. The van der Waals surface area contributed by atoms with Crippen LogP contribution in [0, 0.1) is 3.57 Å². The summed E-state index contributed by atoms with van der Waals surface area (Å²) in [4.78, 5) is 16.5. The lowest BCUT2D eigenvalue weighted by molar-refractivity contribution is -0.129. The van der Waals surface area contributed by atoms with E-state index in [2.05, 4.69) is 66.0 Å². The normalized spacial score (nSPS) is 15.0. The number of benzene rings is 2. The monoisotopic (exact) mass is 587 g/mol. The van der Waals surface area contributed by atoms with Crippen LogP contribution in [-0.2, 0) is 9.53 Å². The maximum absolute atomic E-state index is 12.1. The maximum Gasteiger partial charge on any atom is 0.363 e. The highest BCUT2D eigenvalue weighted by atomic mass is 127. The third kappa shape index (κ3) is 4.44. The van der Waals surface area contributed by atoms with Gasteiger partial charge in [0.15, 0.2) is 5.70 Å². The average Bonchev–Trinajstić information content (AvgIpc) is 2.95. The SMILES string of the molecule is C=CCOc1c(Br)cc(/C=C2\N=C(c3ccc(I)cc3)OC2=O)cc1Br. The minimum absolute atomic E-state index is 0.247. The lowest BCUT2D eigenvalue weighted by atomic mass is 10.2. The second-order valence-electron chi connectivity index (χ2n) is 5.26. The van der Waals surface area contributed by atoms with Crippen LogP contribution in [0.1, 0.15) is 11.1 Å². The number of rotatable bonds is 5. The van der Waals surface area contributed by atoms with E-state index < -0.39 is 5.97 Å². The summed E-state index contributed by atoms with van der Waals surface area (Å²) in [5, 5.41) is 0. The van der Waals surface area contributed by atoms with Gasteiger partial charge in [-0.3, -0.25) is 0 Å². The number of cyclic esters (lactones) is 1. The van der Waals surface area contributed by atoms with E-state index in [1.807, 2.05) is 36.4 Å². The summed E-state index contributed by atoms with van der Waals surface area (Å²) in [7, 11) is 0. The van der Waals surface area contributed by atoms with Crippen molar-refractivity contribution in [3.05, 3.63) is 78.4 Å². The molecule has 0 saturated carbocycles. The van der Waals surface area contributed by atoms with E-state index in [1.165, 1.54) is 0 Å². The summed E-state index contributed by atoms with van der Waals surface area (Å²) in [5.41, 5.74) is 1.80. The van der Waals surface area contributed by atoms with Crippen LogP contribution in [0.3, 0.4) is 0 Å². The first-order valence-corrected chi connectivity index (χ1v) is 10.2. The van der Waals surface area contributed by atoms with E-state index in [0.29, 0.717) is 18.3 Å². The quantitative estimate of drug-likeness (QED) is 0.194. The van der Waals surface area contributed by atoms with Crippen molar-refractivity contribution < 1.29 is 14.3 Å². The highest BCUT2D eigenvalue weighted by Crippen LogP contribution is 2.35. The van der Waals surface area contributed by atoms with Crippen molar-refractivity contribution in [3.63, 3.8) is 0 Å². The second-order valence-corrected chi connectivity index (χ2v) is 8.21. The molecule has 0 atom stereocenters. The number of halogens is 3. The Labute approximate surface area is 181 Å². The Morgan fingerprint density at radius 2 is 1.85 bits per heavy atom. The summed E-state index contributed by atoms with van der Waals surface area (Å²) >= 11 is 9.17. The van der Waals surface area contributed by atoms with Crippen molar-refractivity contribution in [1.29, 1.82) is 0 Å². The molecule has 1 aliphatic heterocycles. The molecule has 0 fully saturated rings. The molecule has 3 rings (SSSR count). The third-order valence-corrected chi connectivity index (χ3v) is 5.28. The smallest absolute Gasteiger partial charge is 0.363 e. The molecule has 0 N–H and O–H groups in total. The Bertz CT molecular complexity index is 913. The lowest BCUT2D eigenvalue weighted by Gasteiger charge is -2.09. The van der Waals surface area contributed by atoms with Gasteiger partial charge in [-0.25, -0.2) is 9.79 Å². The molecule has 2 aromatic rings. The van der Waals surface area contributed by atoms with Gasteiger partial charge in [0.05, 0.1) is 8.95 Å². The Balaban J connectivity index is 1.90. The molecule has 132 valence electrons. The van der Waals surface area contributed by atoms with Crippen molar-refractivity contribution in [3.8, 4) is 5.75 Å². The van der Waals surface area contributed by atoms with Gasteiger partial charge in [-0.2, -0.15) is 0 Å². The molecular weight excluding hydrogens is 577 g/mol. The number of carbonyl (C=O) groups excluding carboxylic acids is 1. The van der Waals surface area contributed by atoms with Gasteiger partial charge in [0, 0.05) is 9.13 Å². The molecule has 0 unspecified atom stereocenters. The molecule has 0 bridgehead atoms. The van der Waals surface area contributed by atoms with E-state index in [-0.39, 0.29) is 5.70 Å². The Kier molecular flexibility index (Phi) is 6.31. The van der Waals surface area contributed by atoms with E-state index in [1.54, 1.807) is 12.2 Å². The summed E-state index contributed by atoms with van der Waals surface area (Å²) < 4.78 is 13.5. The zero-order valence-electron chi connectivity index (χ0n) is 13.3. The molecule has 7 heteroatoms. The van der Waals surface area contributed by atoms with Crippen molar-refractivity contribution in [2.45, 2.75) is 0 Å². The van der Waals surface area contributed by atoms with E-state index in [4.69, 9.17) is 9.47 Å². The Morgan fingerprint density at radius 3 is 2.46 bits per heavy atom. The molecule has 2 aromatic carbocycles. The fourth-order valence-electron chi connectivity index (χ4n) is 2.23. The summed E-state index contributed by atoms with van der Waals surface area (Å²) in [6, 6.07) is 11.3. The van der Waals surface area contributed by atoms with Crippen LogP contribution in [0.2, 0.25) is 0 Å². The van der Waals surface area contributed by atoms with Gasteiger partial charge in [-0.05, 0) is 102 Å². The van der Waals surface area contributed by atoms with E-state index in [0.717, 1.165) is 23.6 Å². The van der Waals surface area contributed by atoms with Gasteiger partial charge in [-0.15, -0.1) is 0 Å². The first-order valence-electron chi connectivity index (χ1n) is 7.49. The highest BCUT2D eigenvalue weighted by molar-refractivity contribution is 14.1. The largest absolute Gasteiger partial charge is 0.487 e. The predicted octanol–water partition coefficient (Wildman–Crippen LogP) is 5.73. The van der Waals surface area contributed by atoms with Gasteiger partial charge >= 0.3 is 5.97 Å². The summed E-state index contributed by atoms with van der Waals surface area (Å²) in [5.74, 6) is 0.503. The third-order valence-electron chi connectivity index (χ3n) is 3.38. The first kappa shape index (κ1) is 19.3. The molecule has 1 aliphatic rings. The molecule has 0 aromatic heterocycles. The summed E-state index contributed by atoms with van der Waals surface area (Å²) in [6.07, 6.45) is 3.35. The van der Waals surface area contributed by atoms with Crippen molar-refractivity contribution in [2.24, 2.45) is 4.99 Å². The predicted molar refractivity (Wildman–Crippen MR) is 117 cm³/mol. The topological polar surface area (TPSA) is 47.9 Å². The number of hydrogen-bond acceptors (Lipinski definition) is 4. The van der Waals surface area contributed by atoms with Gasteiger partial charge in [-0.1, -0.05) is 12.7 Å². The standard InChI is InChI=1S/C19H12Br2INO3/c1-2-7-25-17-14(20)8-11(9-15(17)21)10-16-19(24)26-18(23-16)12-3-5-13(22)6-4-12/h2-6,8-10H,1,7H2/b16-10-. The molecule has 4 nitrogen and oxygen atoms in total. The zero-order chi connectivity index (χ0) is 18.7. The van der Waals surface area contributed by atoms with Gasteiger partial charge in [0.25, 0.3) is 0 Å². The van der Waals surface area contributed by atoms with Crippen LogP contribution < -0.4 is 4.74 Å². The summed E-state index contributed by atoms with van der Waals surface area (Å²) in [6.45, 7) is 4.03. The van der Waals surface area contributed by atoms with Gasteiger partial charge in [0.2, 0.25) is 5.90 Å². The van der Waals surface area contributed by atoms with Crippen LogP contribution in [0.5, 0.6) is 5.75 Å². The zero-order valence-corrected chi connectivity index (χ0v) is 18.7. The molecular formula is C19H12Br2INO3. The molecule has 0 amide bonds. The van der Waals surface area contributed by atoms with E-state index in [9.17, 15) is 4.79 Å². The number of ether oxygens (including phenoxy) is 2. The van der Waals surface area contributed by atoms with Gasteiger partial charge < -0.3 is 9.47 Å². The molecule has 0 spiro atoms. The Morgan fingerprint density at radius 1 is 1.19 bits per heavy atom. The van der Waals surface area contributed by atoms with Gasteiger partial charge in [0.1, 0.15) is 12.4 Å². The van der Waals surface area contributed by atoms with Crippen LogP contribution in [0.25, 0.3) is 6.08 Å². The minimum atomic E-state index is -0.474. The minimum Gasteiger partial charge on any atom is -0.487 e. The van der Waals surface area contributed by atoms with Crippen molar-refractivity contribution >= 4 is 72.4 Å². The van der Waals surface area contributed by atoms with Crippen LogP contribution in [-0.4, -0.2) is 18.5 Å². The van der Waals surface area contributed by atoms with Crippen LogP contribution in [0.15, 0.2) is 68.7 Å². The van der Waals surface area contributed by atoms with Crippen molar-refractivity contribution in [1.82, 2.24) is 0 Å². The molecule has 1 heterocycles. The number of esters is 1. The van der Waals surface area contributed by atoms with E-state index >= 15 is 0 Å². The Hall–Kier alpha value is -1.45. The lowest BCUT2D eigenvalue weighted by Crippen LogP contribution is -2.05.